The molecule has 3 nitrogen and oxygen atoms in total. The number of benzene rings is 1. The number of carbonyl (C=O) groups is 1. The molecule has 0 aromatic heterocycles. The number of ether oxygens (including phenoxy) is 1. The molecule has 1 aromatic rings. The van der Waals surface area contributed by atoms with Crippen LogP contribution in [0.1, 0.15) is 26.7 Å². The molecule has 19 heavy (non-hydrogen) atoms. The van der Waals surface area contributed by atoms with Gasteiger partial charge in [-0.05, 0) is 31.0 Å². The zero-order valence-electron chi connectivity index (χ0n) is 11.2. The van der Waals surface area contributed by atoms with Crippen LogP contribution in [-0.2, 0) is 4.79 Å². The molecule has 0 spiro atoms. The number of nitrogens with one attached hydrogen (secondary N) is 1. The van der Waals surface area contributed by atoms with Crippen LogP contribution in [0.5, 0.6) is 5.75 Å². The van der Waals surface area contributed by atoms with Gasteiger partial charge in [0.1, 0.15) is 5.75 Å². The zero-order chi connectivity index (χ0) is 14.3. The van der Waals surface area contributed by atoms with Gasteiger partial charge in [-0.2, -0.15) is 0 Å². The van der Waals surface area contributed by atoms with Gasteiger partial charge in [0.2, 0.25) is 0 Å². The summed E-state index contributed by atoms with van der Waals surface area (Å²) in [5, 5.41) is 4.35. The predicted molar refractivity (Wildman–Crippen MR) is 82.2 cm³/mol. The third kappa shape index (κ3) is 5.03. The van der Waals surface area contributed by atoms with E-state index < -0.39 is 0 Å². The van der Waals surface area contributed by atoms with Crippen molar-refractivity contribution in [1.82, 2.24) is 5.32 Å². The molecule has 106 valence electrons. The van der Waals surface area contributed by atoms with Crippen molar-refractivity contribution in [3.63, 3.8) is 0 Å². The number of carbonyl (C=O) groups excluding carboxylic acids is 1. The van der Waals surface area contributed by atoms with E-state index in [2.05, 4.69) is 35.1 Å². The van der Waals surface area contributed by atoms with Crippen molar-refractivity contribution in [3.8, 4) is 5.75 Å². The average molecular weight is 349 g/mol. The Morgan fingerprint density at radius 3 is 2.63 bits per heavy atom. The molecule has 1 rings (SSSR count). The molecule has 0 fully saturated rings. The third-order valence-electron chi connectivity index (χ3n) is 3.18. The minimum atomic E-state index is -0.200. The van der Waals surface area contributed by atoms with Crippen LogP contribution in [0.25, 0.3) is 0 Å². The Balaban J connectivity index is 2.52. The minimum absolute atomic E-state index is 0.00487. The monoisotopic (exact) mass is 347 g/mol. The molecule has 0 saturated heterocycles. The Labute approximate surface area is 127 Å². The maximum absolute atomic E-state index is 11.9. The van der Waals surface area contributed by atoms with Crippen LogP contribution in [0.3, 0.4) is 0 Å². The highest BCUT2D eigenvalue weighted by molar-refractivity contribution is 9.09. The van der Waals surface area contributed by atoms with Crippen LogP contribution in [0, 0.1) is 0 Å². The standard InChI is InChI=1S/C14H19BrClNO2/c1-3-14(4-2,10-15)17-13(18)9-19-12-7-5-6-11(16)8-12/h5-8H,3-4,9-10H2,1-2H3,(H,17,18). The summed E-state index contributed by atoms with van der Waals surface area (Å²) in [6, 6.07) is 7.01. The summed E-state index contributed by atoms with van der Waals surface area (Å²) in [4.78, 5) is 11.9. The van der Waals surface area contributed by atoms with E-state index in [4.69, 9.17) is 16.3 Å². The topological polar surface area (TPSA) is 38.3 Å². The molecule has 1 amide bonds. The van der Waals surface area contributed by atoms with Crippen molar-refractivity contribution in [2.24, 2.45) is 0 Å². The molecule has 1 aromatic carbocycles. The number of halogens is 2. The van der Waals surface area contributed by atoms with E-state index in [1.54, 1.807) is 24.3 Å². The van der Waals surface area contributed by atoms with Crippen LogP contribution in [-0.4, -0.2) is 23.4 Å². The number of hydrogen-bond acceptors (Lipinski definition) is 2. The summed E-state index contributed by atoms with van der Waals surface area (Å²) >= 11 is 9.30. The fourth-order valence-corrected chi connectivity index (χ4v) is 2.80. The van der Waals surface area contributed by atoms with E-state index in [0.717, 1.165) is 18.2 Å². The van der Waals surface area contributed by atoms with E-state index in [0.29, 0.717) is 10.8 Å². The van der Waals surface area contributed by atoms with Gasteiger partial charge in [0.05, 0.1) is 0 Å². The van der Waals surface area contributed by atoms with Crippen molar-refractivity contribution in [2.45, 2.75) is 32.2 Å². The molecular weight excluding hydrogens is 330 g/mol. The quantitative estimate of drug-likeness (QED) is 0.761. The Morgan fingerprint density at radius 2 is 2.11 bits per heavy atom. The van der Waals surface area contributed by atoms with Crippen molar-refractivity contribution in [1.29, 1.82) is 0 Å². The van der Waals surface area contributed by atoms with Gasteiger partial charge in [-0.3, -0.25) is 4.79 Å². The highest BCUT2D eigenvalue weighted by Gasteiger charge is 2.26. The van der Waals surface area contributed by atoms with Gasteiger partial charge in [-0.1, -0.05) is 47.4 Å². The lowest BCUT2D eigenvalue weighted by molar-refractivity contribution is -0.124. The smallest absolute Gasteiger partial charge is 0.258 e. The molecule has 0 unspecified atom stereocenters. The summed E-state index contributed by atoms with van der Waals surface area (Å²) in [5.74, 6) is 0.475. The molecule has 0 radical (unpaired) electrons. The molecule has 5 heteroatoms. The van der Waals surface area contributed by atoms with Gasteiger partial charge in [-0.25, -0.2) is 0 Å². The van der Waals surface area contributed by atoms with Crippen LogP contribution in [0.15, 0.2) is 24.3 Å². The van der Waals surface area contributed by atoms with Crippen molar-refractivity contribution in [3.05, 3.63) is 29.3 Å². The number of hydrogen-bond donors (Lipinski definition) is 1. The number of amides is 1. The van der Waals surface area contributed by atoms with E-state index in [-0.39, 0.29) is 18.1 Å². The Hall–Kier alpha value is -0.740. The first-order valence-corrected chi connectivity index (χ1v) is 7.80. The lowest BCUT2D eigenvalue weighted by Crippen LogP contribution is -2.50. The molecule has 0 heterocycles. The summed E-state index contributed by atoms with van der Waals surface area (Å²) in [6.45, 7) is 4.11. The van der Waals surface area contributed by atoms with Gasteiger partial charge < -0.3 is 10.1 Å². The highest BCUT2D eigenvalue weighted by atomic mass is 79.9. The van der Waals surface area contributed by atoms with Crippen molar-refractivity contribution < 1.29 is 9.53 Å². The molecule has 0 saturated carbocycles. The fraction of sp³-hybridized carbons (Fsp3) is 0.500. The first-order valence-electron chi connectivity index (χ1n) is 6.30. The minimum Gasteiger partial charge on any atom is -0.484 e. The van der Waals surface area contributed by atoms with Crippen molar-refractivity contribution in [2.75, 3.05) is 11.9 Å². The molecule has 0 aliphatic carbocycles. The van der Waals surface area contributed by atoms with E-state index >= 15 is 0 Å². The van der Waals surface area contributed by atoms with Gasteiger partial charge in [0, 0.05) is 15.9 Å². The molecule has 0 bridgehead atoms. The third-order valence-corrected chi connectivity index (χ3v) is 4.49. The summed E-state index contributed by atoms with van der Waals surface area (Å²) in [7, 11) is 0. The van der Waals surface area contributed by atoms with Crippen LogP contribution in [0.4, 0.5) is 0 Å². The van der Waals surface area contributed by atoms with Crippen LogP contribution >= 0.6 is 27.5 Å². The van der Waals surface area contributed by atoms with Gasteiger partial charge >= 0.3 is 0 Å². The van der Waals surface area contributed by atoms with E-state index in [1.807, 2.05) is 0 Å². The SMILES string of the molecule is CCC(CC)(CBr)NC(=O)COc1cccc(Cl)c1. The first-order chi connectivity index (χ1) is 9.05. The summed E-state index contributed by atoms with van der Waals surface area (Å²) in [6.07, 6.45) is 1.75. The largest absolute Gasteiger partial charge is 0.484 e. The lowest BCUT2D eigenvalue weighted by Gasteiger charge is -2.30. The second-order valence-corrected chi connectivity index (χ2v) is 5.41. The van der Waals surface area contributed by atoms with Gasteiger partial charge in [0.15, 0.2) is 6.61 Å². The zero-order valence-corrected chi connectivity index (χ0v) is 13.6. The van der Waals surface area contributed by atoms with E-state index in [1.165, 1.54) is 0 Å². The summed E-state index contributed by atoms with van der Waals surface area (Å²) in [5.41, 5.74) is -0.200. The highest BCUT2D eigenvalue weighted by Crippen LogP contribution is 2.19. The molecule has 0 aliphatic rings. The Kier molecular flexibility index (Phi) is 6.66. The lowest BCUT2D eigenvalue weighted by atomic mass is 9.95. The van der Waals surface area contributed by atoms with Gasteiger partial charge in [0.25, 0.3) is 5.91 Å². The van der Waals surface area contributed by atoms with E-state index in [9.17, 15) is 4.79 Å². The molecule has 1 N–H and O–H groups in total. The average Bonchev–Trinajstić information content (AvgIpc) is 2.43. The van der Waals surface area contributed by atoms with Crippen LogP contribution < -0.4 is 10.1 Å². The van der Waals surface area contributed by atoms with Crippen LogP contribution in [0.2, 0.25) is 5.02 Å². The maximum atomic E-state index is 11.9. The number of alkyl halides is 1. The normalized spacial score (nSPS) is 11.2. The van der Waals surface area contributed by atoms with Crippen molar-refractivity contribution >= 4 is 33.4 Å². The predicted octanol–water partition coefficient (Wildman–Crippen LogP) is 3.79. The van der Waals surface area contributed by atoms with Gasteiger partial charge in [-0.15, -0.1) is 0 Å². The second kappa shape index (κ2) is 7.75. The fourth-order valence-electron chi connectivity index (χ4n) is 1.69. The second-order valence-electron chi connectivity index (χ2n) is 4.42. The first kappa shape index (κ1) is 16.3. The molecular formula is C14H19BrClNO2. The summed E-state index contributed by atoms with van der Waals surface area (Å²) < 4.78 is 5.42. The molecule has 0 aliphatic heterocycles. The molecule has 0 atom stereocenters. The Bertz CT molecular complexity index is 413. The maximum Gasteiger partial charge on any atom is 0.258 e. The Morgan fingerprint density at radius 1 is 1.42 bits per heavy atom. The number of rotatable bonds is 7.